The second kappa shape index (κ2) is 9.33. The first kappa shape index (κ1) is 20.5. The topological polar surface area (TPSA) is 55.2 Å². The van der Waals surface area contributed by atoms with Crippen molar-refractivity contribution in [1.29, 1.82) is 0 Å². The molecular formula is C23H31N3O2S. The van der Waals surface area contributed by atoms with E-state index in [1.54, 1.807) is 4.57 Å². The number of piperidine rings is 1. The first-order chi connectivity index (χ1) is 14.2. The molecule has 2 aliphatic rings. The van der Waals surface area contributed by atoms with Gasteiger partial charge in [-0.3, -0.25) is 14.2 Å². The molecule has 0 radical (unpaired) electrons. The minimum absolute atomic E-state index is 0.00400. The summed E-state index contributed by atoms with van der Waals surface area (Å²) in [5, 5.41) is 1.33. The molecule has 1 saturated carbocycles. The molecule has 29 heavy (non-hydrogen) atoms. The highest BCUT2D eigenvalue weighted by Crippen LogP contribution is 2.35. The van der Waals surface area contributed by atoms with Crippen LogP contribution in [0.2, 0.25) is 0 Å². The third-order valence-electron chi connectivity index (χ3n) is 6.45. The molecule has 2 atom stereocenters. The van der Waals surface area contributed by atoms with Gasteiger partial charge >= 0.3 is 0 Å². The fraction of sp³-hybridized carbons (Fsp3) is 0.609. The first-order valence-corrected chi connectivity index (χ1v) is 12.1. The van der Waals surface area contributed by atoms with Gasteiger partial charge in [0.2, 0.25) is 5.91 Å². The zero-order chi connectivity index (χ0) is 20.2. The van der Waals surface area contributed by atoms with Gasteiger partial charge in [0.05, 0.1) is 16.7 Å². The number of unbranched alkanes of at least 4 members (excludes halogenated alkanes) is 1. The van der Waals surface area contributed by atoms with Crippen LogP contribution in [0.25, 0.3) is 10.9 Å². The Balaban J connectivity index is 1.54. The monoisotopic (exact) mass is 413 g/mol. The van der Waals surface area contributed by atoms with E-state index >= 15 is 0 Å². The number of hydrogen-bond acceptors (Lipinski definition) is 4. The van der Waals surface area contributed by atoms with Crippen LogP contribution in [0.1, 0.15) is 58.3 Å². The average Bonchev–Trinajstić information content (AvgIpc) is 2.76. The fourth-order valence-electron chi connectivity index (χ4n) is 4.91. The van der Waals surface area contributed by atoms with Gasteiger partial charge in [-0.15, -0.1) is 0 Å². The Hall–Kier alpha value is -1.82. The molecule has 0 spiro atoms. The summed E-state index contributed by atoms with van der Waals surface area (Å²) in [6.07, 6.45) is 9.29. The number of likely N-dealkylation sites (tertiary alicyclic amines) is 1. The maximum Gasteiger partial charge on any atom is 0.262 e. The van der Waals surface area contributed by atoms with Crippen molar-refractivity contribution in [2.45, 2.75) is 76.0 Å². The van der Waals surface area contributed by atoms with Gasteiger partial charge in [0.15, 0.2) is 5.16 Å². The van der Waals surface area contributed by atoms with Gasteiger partial charge in [0, 0.05) is 19.1 Å². The van der Waals surface area contributed by atoms with Crippen LogP contribution in [0.5, 0.6) is 0 Å². The van der Waals surface area contributed by atoms with E-state index in [-0.39, 0.29) is 11.5 Å². The molecule has 2 heterocycles. The van der Waals surface area contributed by atoms with Gasteiger partial charge in [-0.1, -0.05) is 50.1 Å². The Morgan fingerprint density at radius 3 is 2.83 bits per heavy atom. The normalized spacial score (nSPS) is 21.9. The van der Waals surface area contributed by atoms with E-state index in [0.29, 0.717) is 40.3 Å². The summed E-state index contributed by atoms with van der Waals surface area (Å²) in [6.45, 7) is 3.65. The predicted molar refractivity (Wildman–Crippen MR) is 118 cm³/mol. The summed E-state index contributed by atoms with van der Waals surface area (Å²) in [7, 11) is 0. The summed E-state index contributed by atoms with van der Waals surface area (Å²) in [6, 6.07) is 7.93. The number of para-hydroxylation sites is 1. The highest BCUT2D eigenvalue weighted by Gasteiger charge is 2.35. The zero-order valence-electron chi connectivity index (χ0n) is 17.3. The molecule has 1 saturated heterocycles. The standard InChI is InChI=1S/C23H31N3O2S/c1-2-3-14-26-22(28)18-11-5-6-12-19(18)24-23(26)29-16-21(27)25-15-8-10-17-9-4-7-13-20(17)25/h5-6,11-12,17,20H,2-4,7-10,13-16H2,1H3/t17-,20+/m1/s1. The van der Waals surface area contributed by atoms with Crippen LogP contribution in [0, 0.1) is 5.92 Å². The molecule has 4 rings (SSSR count). The number of aromatic nitrogens is 2. The molecule has 1 aliphatic heterocycles. The maximum absolute atomic E-state index is 13.1. The maximum atomic E-state index is 13.1. The van der Waals surface area contributed by atoms with Gasteiger partial charge in [0.25, 0.3) is 5.56 Å². The molecule has 6 heteroatoms. The number of amides is 1. The molecule has 1 aliphatic carbocycles. The van der Waals surface area contributed by atoms with Gasteiger partial charge in [-0.2, -0.15) is 0 Å². The Morgan fingerprint density at radius 2 is 1.97 bits per heavy atom. The predicted octanol–water partition coefficient (Wildman–Crippen LogP) is 4.47. The lowest BCUT2D eigenvalue weighted by Crippen LogP contribution is -2.50. The quantitative estimate of drug-likeness (QED) is 0.518. The Morgan fingerprint density at radius 1 is 1.17 bits per heavy atom. The summed E-state index contributed by atoms with van der Waals surface area (Å²) in [5.41, 5.74) is 0.717. The summed E-state index contributed by atoms with van der Waals surface area (Å²) in [5.74, 6) is 1.25. The van der Waals surface area contributed by atoms with Crippen LogP contribution in [-0.2, 0) is 11.3 Å². The molecule has 0 N–H and O–H groups in total. The van der Waals surface area contributed by atoms with Crippen molar-refractivity contribution in [1.82, 2.24) is 14.5 Å². The molecule has 2 aromatic rings. The molecule has 0 unspecified atom stereocenters. The van der Waals surface area contributed by atoms with Crippen molar-refractivity contribution in [3.05, 3.63) is 34.6 Å². The summed E-state index contributed by atoms with van der Waals surface area (Å²) in [4.78, 5) is 33.0. The summed E-state index contributed by atoms with van der Waals surface area (Å²) >= 11 is 1.43. The number of rotatable bonds is 6. The van der Waals surface area contributed by atoms with Crippen LogP contribution < -0.4 is 5.56 Å². The van der Waals surface area contributed by atoms with Crippen molar-refractivity contribution in [2.24, 2.45) is 5.92 Å². The lowest BCUT2D eigenvalue weighted by molar-refractivity contribution is -0.134. The number of fused-ring (bicyclic) bond motifs is 2. The number of carbonyl (C=O) groups is 1. The molecule has 1 aromatic carbocycles. The fourth-order valence-corrected chi connectivity index (χ4v) is 5.83. The molecule has 1 amide bonds. The molecule has 5 nitrogen and oxygen atoms in total. The Labute approximate surface area is 176 Å². The molecule has 2 fully saturated rings. The molecular weight excluding hydrogens is 382 g/mol. The van der Waals surface area contributed by atoms with Gasteiger partial charge in [0.1, 0.15) is 0 Å². The van der Waals surface area contributed by atoms with Crippen LogP contribution in [0.3, 0.4) is 0 Å². The summed E-state index contributed by atoms with van der Waals surface area (Å²) < 4.78 is 1.77. The van der Waals surface area contributed by atoms with E-state index in [1.165, 1.54) is 37.4 Å². The smallest absolute Gasteiger partial charge is 0.262 e. The van der Waals surface area contributed by atoms with Crippen molar-refractivity contribution in [3.63, 3.8) is 0 Å². The van der Waals surface area contributed by atoms with Gasteiger partial charge < -0.3 is 4.90 Å². The third-order valence-corrected chi connectivity index (χ3v) is 7.41. The average molecular weight is 414 g/mol. The van der Waals surface area contributed by atoms with Crippen LogP contribution in [0.4, 0.5) is 0 Å². The van der Waals surface area contributed by atoms with E-state index in [1.807, 2.05) is 24.3 Å². The van der Waals surface area contributed by atoms with E-state index in [9.17, 15) is 9.59 Å². The lowest BCUT2D eigenvalue weighted by Gasteiger charge is -2.44. The van der Waals surface area contributed by atoms with Crippen molar-refractivity contribution >= 4 is 28.6 Å². The van der Waals surface area contributed by atoms with Crippen LogP contribution in [-0.4, -0.2) is 38.7 Å². The number of thioether (sulfide) groups is 1. The molecule has 156 valence electrons. The minimum atomic E-state index is 0.00400. The lowest BCUT2D eigenvalue weighted by atomic mass is 9.78. The van der Waals surface area contributed by atoms with Gasteiger partial charge in [-0.05, 0) is 50.2 Å². The first-order valence-electron chi connectivity index (χ1n) is 11.1. The highest BCUT2D eigenvalue weighted by atomic mass is 32.2. The van der Waals surface area contributed by atoms with E-state index in [4.69, 9.17) is 4.98 Å². The molecule has 0 bridgehead atoms. The largest absolute Gasteiger partial charge is 0.339 e. The number of nitrogens with zero attached hydrogens (tertiary/aromatic N) is 3. The van der Waals surface area contributed by atoms with Crippen LogP contribution >= 0.6 is 11.8 Å². The van der Waals surface area contributed by atoms with E-state index < -0.39 is 0 Å². The van der Waals surface area contributed by atoms with Crippen molar-refractivity contribution < 1.29 is 4.79 Å². The zero-order valence-corrected chi connectivity index (χ0v) is 18.1. The Kier molecular flexibility index (Phi) is 6.58. The van der Waals surface area contributed by atoms with E-state index in [0.717, 1.165) is 32.2 Å². The van der Waals surface area contributed by atoms with E-state index in [2.05, 4.69) is 11.8 Å². The third kappa shape index (κ3) is 4.37. The number of carbonyl (C=O) groups excluding carboxylic acids is 1. The minimum Gasteiger partial charge on any atom is -0.339 e. The van der Waals surface area contributed by atoms with Crippen molar-refractivity contribution in [2.75, 3.05) is 12.3 Å². The van der Waals surface area contributed by atoms with Crippen molar-refractivity contribution in [3.8, 4) is 0 Å². The van der Waals surface area contributed by atoms with Crippen LogP contribution in [0.15, 0.2) is 34.2 Å². The number of benzene rings is 1. The second-order valence-corrected chi connectivity index (χ2v) is 9.29. The Bertz CT molecular complexity index is 924. The second-order valence-electron chi connectivity index (χ2n) is 8.35. The number of hydrogen-bond donors (Lipinski definition) is 0. The SMILES string of the molecule is CCCCn1c(SCC(=O)N2CCC[C@H]3CCCC[C@@H]32)nc2ccccc2c1=O. The molecule has 1 aromatic heterocycles. The van der Waals surface area contributed by atoms with Gasteiger partial charge in [-0.25, -0.2) is 4.98 Å². The highest BCUT2D eigenvalue weighted by molar-refractivity contribution is 7.99.